The second-order valence-electron chi connectivity index (χ2n) is 6.32. The highest BCUT2D eigenvalue weighted by Crippen LogP contribution is 2.37. The molecule has 2 heteroatoms. The summed E-state index contributed by atoms with van der Waals surface area (Å²) in [5, 5.41) is 3.40. The van der Waals surface area contributed by atoms with Crippen LogP contribution in [0.25, 0.3) is 0 Å². The van der Waals surface area contributed by atoms with Crippen LogP contribution in [-0.2, 0) is 4.79 Å². The molecule has 1 aliphatic rings. The Labute approximate surface area is 119 Å². The van der Waals surface area contributed by atoms with E-state index in [2.05, 4.69) is 26.1 Å². The lowest BCUT2D eigenvalue weighted by atomic mass is 9.69. The number of Topliss-reactive ketones (excluding diaryl/α,β-unsaturated/α-hetero) is 1. The molecule has 1 fully saturated rings. The molecule has 0 radical (unpaired) electrons. The third kappa shape index (κ3) is 4.91. The molecule has 1 aliphatic heterocycles. The molecule has 0 aromatic heterocycles. The van der Waals surface area contributed by atoms with Crippen LogP contribution in [0.2, 0.25) is 0 Å². The van der Waals surface area contributed by atoms with E-state index in [0.717, 1.165) is 51.6 Å². The van der Waals surface area contributed by atoms with Crippen LogP contribution >= 0.6 is 0 Å². The molecule has 19 heavy (non-hydrogen) atoms. The van der Waals surface area contributed by atoms with Gasteiger partial charge in [0.2, 0.25) is 0 Å². The fraction of sp³-hybridized carbons (Fsp3) is 0.941. The molecule has 0 spiro atoms. The molecule has 1 rings (SSSR count). The van der Waals surface area contributed by atoms with Crippen molar-refractivity contribution in [2.45, 2.75) is 78.6 Å². The molecule has 0 aliphatic carbocycles. The van der Waals surface area contributed by atoms with Crippen molar-refractivity contribution in [3.8, 4) is 0 Å². The van der Waals surface area contributed by atoms with E-state index in [0.29, 0.717) is 11.7 Å². The maximum absolute atomic E-state index is 12.8. The lowest BCUT2D eigenvalue weighted by Gasteiger charge is -2.37. The fourth-order valence-electron chi connectivity index (χ4n) is 3.47. The van der Waals surface area contributed by atoms with Crippen LogP contribution in [0.4, 0.5) is 0 Å². The number of nitrogens with one attached hydrogen (secondary N) is 1. The number of carbonyl (C=O) groups is 1. The fourth-order valence-corrected chi connectivity index (χ4v) is 3.47. The van der Waals surface area contributed by atoms with Gasteiger partial charge in [0.15, 0.2) is 0 Å². The molecule has 0 saturated carbocycles. The van der Waals surface area contributed by atoms with Crippen LogP contribution in [-0.4, -0.2) is 18.9 Å². The number of piperidine rings is 1. The van der Waals surface area contributed by atoms with E-state index in [1.807, 2.05) is 0 Å². The molecular weight excluding hydrogens is 234 g/mol. The summed E-state index contributed by atoms with van der Waals surface area (Å²) in [5.41, 5.74) is 0.0135. The van der Waals surface area contributed by atoms with Gasteiger partial charge in [-0.25, -0.2) is 0 Å². The average molecular weight is 267 g/mol. The molecule has 0 amide bonds. The van der Waals surface area contributed by atoms with Gasteiger partial charge in [0.05, 0.1) is 0 Å². The maximum Gasteiger partial charge on any atom is 0.139 e. The first-order valence-corrected chi connectivity index (χ1v) is 8.42. The predicted octanol–water partition coefficient (Wildman–Crippen LogP) is 4.33. The molecular formula is C17H33NO. The largest absolute Gasteiger partial charge is 0.317 e. The zero-order chi connectivity index (χ0) is 14.1. The van der Waals surface area contributed by atoms with Crippen molar-refractivity contribution in [2.24, 2.45) is 11.3 Å². The standard InChI is InChI=1S/C17H33NO/c1-4-7-8-15(6-3)14-16(19)17(9-5-2)10-12-18-13-11-17/h15,18H,4-14H2,1-3H3. The first-order chi connectivity index (χ1) is 9.18. The first-order valence-electron chi connectivity index (χ1n) is 8.42. The Morgan fingerprint density at radius 1 is 1.16 bits per heavy atom. The van der Waals surface area contributed by atoms with Gasteiger partial charge in [0, 0.05) is 11.8 Å². The van der Waals surface area contributed by atoms with E-state index < -0.39 is 0 Å². The second kappa shape index (κ2) is 8.73. The molecule has 112 valence electrons. The van der Waals surface area contributed by atoms with Gasteiger partial charge in [-0.05, 0) is 38.3 Å². The van der Waals surface area contributed by atoms with Gasteiger partial charge in [-0.3, -0.25) is 4.79 Å². The van der Waals surface area contributed by atoms with E-state index in [1.165, 1.54) is 19.3 Å². The van der Waals surface area contributed by atoms with Gasteiger partial charge < -0.3 is 5.32 Å². The van der Waals surface area contributed by atoms with Gasteiger partial charge in [-0.1, -0.05) is 52.9 Å². The summed E-state index contributed by atoms with van der Waals surface area (Å²) in [5.74, 6) is 1.19. The highest BCUT2D eigenvalue weighted by Gasteiger charge is 2.38. The molecule has 1 atom stereocenters. The monoisotopic (exact) mass is 267 g/mol. The minimum absolute atomic E-state index is 0.0135. The molecule has 0 aromatic carbocycles. The number of hydrogen-bond acceptors (Lipinski definition) is 2. The van der Waals surface area contributed by atoms with Gasteiger partial charge in [0.25, 0.3) is 0 Å². The van der Waals surface area contributed by atoms with E-state index in [9.17, 15) is 4.79 Å². The lowest BCUT2D eigenvalue weighted by molar-refractivity contribution is -0.132. The molecule has 0 bridgehead atoms. The lowest BCUT2D eigenvalue weighted by Crippen LogP contribution is -2.42. The summed E-state index contributed by atoms with van der Waals surface area (Å²) in [6, 6.07) is 0. The molecule has 1 N–H and O–H groups in total. The van der Waals surface area contributed by atoms with Gasteiger partial charge in [-0.15, -0.1) is 0 Å². The summed E-state index contributed by atoms with van der Waals surface area (Å²) in [6.45, 7) is 8.74. The third-order valence-electron chi connectivity index (χ3n) is 4.90. The molecule has 1 unspecified atom stereocenters. The maximum atomic E-state index is 12.8. The first kappa shape index (κ1) is 16.7. The van der Waals surface area contributed by atoms with Crippen molar-refractivity contribution >= 4 is 5.78 Å². The van der Waals surface area contributed by atoms with Crippen molar-refractivity contribution in [3.05, 3.63) is 0 Å². The number of hydrogen-bond donors (Lipinski definition) is 1. The van der Waals surface area contributed by atoms with Crippen molar-refractivity contribution < 1.29 is 4.79 Å². The van der Waals surface area contributed by atoms with Crippen molar-refractivity contribution in [2.75, 3.05) is 13.1 Å². The Bertz CT molecular complexity index is 250. The quantitative estimate of drug-likeness (QED) is 0.673. The number of carbonyl (C=O) groups excluding carboxylic acids is 1. The van der Waals surface area contributed by atoms with Crippen LogP contribution in [0.3, 0.4) is 0 Å². The van der Waals surface area contributed by atoms with E-state index in [4.69, 9.17) is 0 Å². The zero-order valence-electron chi connectivity index (χ0n) is 13.3. The van der Waals surface area contributed by atoms with E-state index in [-0.39, 0.29) is 5.41 Å². The topological polar surface area (TPSA) is 29.1 Å². The molecule has 2 nitrogen and oxygen atoms in total. The van der Waals surface area contributed by atoms with E-state index in [1.54, 1.807) is 0 Å². The molecule has 1 saturated heterocycles. The van der Waals surface area contributed by atoms with Gasteiger partial charge in [0.1, 0.15) is 5.78 Å². The summed E-state index contributed by atoms with van der Waals surface area (Å²) in [4.78, 5) is 12.8. The summed E-state index contributed by atoms with van der Waals surface area (Å²) in [7, 11) is 0. The number of rotatable bonds is 9. The number of ketones is 1. The minimum Gasteiger partial charge on any atom is -0.317 e. The van der Waals surface area contributed by atoms with Gasteiger partial charge >= 0.3 is 0 Å². The van der Waals surface area contributed by atoms with Crippen LogP contribution in [0.5, 0.6) is 0 Å². The average Bonchev–Trinajstić information content (AvgIpc) is 2.44. The SMILES string of the molecule is CCCCC(CC)CC(=O)C1(CCC)CCNCC1. The Kier molecular flexibility index (Phi) is 7.67. The third-order valence-corrected chi connectivity index (χ3v) is 4.90. The summed E-state index contributed by atoms with van der Waals surface area (Å²) >= 11 is 0. The Balaban J connectivity index is 2.60. The molecule has 1 heterocycles. The smallest absolute Gasteiger partial charge is 0.139 e. The van der Waals surface area contributed by atoms with E-state index >= 15 is 0 Å². The van der Waals surface area contributed by atoms with Crippen LogP contribution in [0.15, 0.2) is 0 Å². The minimum atomic E-state index is 0.0135. The highest BCUT2D eigenvalue weighted by molar-refractivity contribution is 5.85. The second-order valence-corrected chi connectivity index (χ2v) is 6.32. The van der Waals surface area contributed by atoms with Gasteiger partial charge in [-0.2, -0.15) is 0 Å². The summed E-state index contributed by atoms with van der Waals surface area (Å²) < 4.78 is 0. The Morgan fingerprint density at radius 3 is 2.37 bits per heavy atom. The Morgan fingerprint density at radius 2 is 1.84 bits per heavy atom. The zero-order valence-corrected chi connectivity index (χ0v) is 13.3. The van der Waals surface area contributed by atoms with Crippen LogP contribution in [0.1, 0.15) is 78.6 Å². The summed E-state index contributed by atoms with van der Waals surface area (Å²) in [6.07, 6.45) is 10.1. The number of unbranched alkanes of at least 4 members (excludes halogenated alkanes) is 1. The highest BCUT2D eigenvalue weighted by atomic mass is 16.1. The van der Waals surface area contributed by atoms with Crippen molar-refractivity contribution in [1.29, 1.82) is 0 Å². The van der Waals surface area contributed by atoms with Crippen LogP contribution in [0, 0.1) is 11.3 Å². The molecule has 0 aromatic rings. The normalized spacial score (nSPS) is 20.2. The van der Waals surface area contributed by atoms with Crippen LogP contribution < -0.4 is 5.32 Å². The Hall–Kier alpha value is -0.370. The predicted molar refractivity (Wildman–Crippen MR) is 82.4 cm³/mol. The van der Waals surface area contributed by atoms with Crippen molar-refractivity contribution in [3.63, 3.8) is 0 Å². The van der Waals surface area contributed by atoms with Crippen molar-refractivity contribution in [1.82, 2.24) is 5.32 Å².